The van der Waals surface area contributed by atoms with Gasteiger partial charge in [0.05, 0.1) is 0 Å². The summed E-state index contributed by atoms with van der Waals surface area (Å²) in [6, 6.07) is 1.76. The van der Waals surface area contributed by atoms with Crippen LogP contribution in [0.15, 0.2) is 10.5 Å². The summed E-state index contributed by atoms with van der Waals surface area (Å²) in [5.74, 6) is 1.21. The fourth-order valence-corrected chi connectivity index (χ4v) is 1.04. The van der Waals surface area contributed by atoms with Gasteiger partial charge < -0.3 is 9.15 Å². The van der Waals surface area contributed by atoms with Crippen LogP contribution in [0.4, 0.5) is 10.7 Å². The van der Waals surface area contributed by atoms with Crippen LogP contribution in [0.1, 0.15) is 32.1 Å². The Morgan fingerprint density at radius 2 is 2.00 bits per heavy atom. The third-order valence-corrected chi connectivity index (χ3v) is 1.79. The van der Waals surface area contributed by atoms with Gasteiger partial charge in [-0.25, -0.2) is 4.79 Å². The number of rotatable bonds is 1. The molecular formula is C11H17NO3. The second-order valence-electron chi connectivity index (χ2n) is 4.48. The summed E-state index contributed by atoms with van der Waals surface area (Å²) in [6.07, 6.45) is -0.503. The predicted octanol–water partition coefficient (Wildman–Crippen LogP) is 3.24. The maximum Gasteiger partial charge on any atom is 0.414 e. The highest BCUT2D eigenvalue weighted by molar-refractivity contribution is 5.83. The Hall–Kier alpha value is -1.45. The van der Waals surface area contributed by atoms with Crippen LogP contribution in [0.2, 0.25) is 0 Å². The molecule has 4 heteroatoms. The first-order valence-corrected chi connectivity index (χ1v) is 4.85. The Morgan fingerprint density at radius 3 is 2.40 bits per heavy atom. The first-order valence-electron chi connectivity index (χ1n) is 4.85. The average Bonchev–Trinajstić information content (AvgIpc) is 2.26. The minimum Gasteiger partial charge on any atom is -0.445 e. The van der Waals surface area contributed by atoms with Crippen molar-refractivity contribution in [3.05, 3.63) is 17.4 Å². The smallest absolute Gasteiger partial charge is 0.414 e. The van der Waals surface area contributed by atoms with E-state index in [2.05, 4.69) is 5.32 Å². The van der Waals surface area contributed by atoms with Crippen molar-refractivity contribution >= 4 is 12.0 Å². The summed E-state index contributed by atoms with van der Waals surface area (Å²) in [6.45, 7) is 9.19. The molecule has 1 amide bonds. The fourth-order valence-electron chi connectivity index (χ4n) is 1.04. The SMILES string of the molecule is Cc1cc(NC(=O)OC(C)(C)C)oc1C. The number of aryl methyl sites for hydroxylation is 2. The molecule has 0 unspecified atom stereocenters. The molecule has 0 aliphatic rings. The van der Waals surface area contributed by atoms with Crippen molar-refractivity contribution in [2.24, 2.45) is 0 Å². The van der Waals surface area contributed by atoms with E-state index in [4.69, 9.17) is 9.15 Å². The van der Waals surface area contributed by atoms with E-state index in [1.54, 1.807) is 6.07 Å². The van der Waals surface area contributed by atoms with Crippen LogP contribution in [0, 0.1) is 13.8 Å². The summed E-state index contributed by atoms with van der Waals surface area (Å²) in [7, 11) is 0. The molecule has 0 saturated carbocycles. The zero-order chi connectivity index (χ0) is 11.6. The van der Waals surface area contributed by atoms with E-state index in [1.807, 2.05) is 34.6 Å². The van der Waals surface area contributed by atoms with Gasteiger partial charge in [-0.2, -0.15) is 0 Å². The number of hydrogen-bond donors (Lipinski definition) is 1. The van der Waals surface area contributed by atoms with Gasteiger partial charge in [0.1, 0.15) is 11.4 Å². The van der Waals surface area contributed by atoms with Gasteiger partial charge in [-0.3, -0.25) is 5.32 Å². The van der Waals surface area contributed by atoms with E-state index in [9.17, 15) is 4.79 Å². The third kappa shape index (κ3) is 3.65. The maximum atomic E-state index is 11.4. The van der Waals surface area contributed by atoms with Gasteiger partial charge in [-0.15, -0.1) is 0 Å². The van der Waals surface area contributed by atoms with Crippen LogP contribution in [0.3, 0.4) is 0 Å². The highest BCUT2D eigenvalue weighted by atomic mass is 16.6. The lowest BCUT2D eigenvalue weighted by Crippen LogP contribution is -2.27. The van der Waals surface area contributed by atoms with E-state index >= 15 is 0 Å². The second kappa shape index (κ2) is 3.96. The molecule has 4 nitrogen and oxygen atoms in total. The quantitative estimate of drug-likeness (QED) is 0.775. The van der Waals surface area contributed by atoms with Gasteiger partial charge in [0.15, 0.2) is 0 Å². The summed E-state index contributed by atoms with van der Waals surface area (Å²) in [5.41, 5.74) is 0.502. The molecule has 0 spiro atoms. The van der Waals surface area contributed by atoms with Crippen molar-refractivity contribution in [3.63, 3.8) is 0 Å². The van der Waals surface area contributed by atoms with E-state index in [0.29, 0.717) is 5.88 Å². The largest absolute Gasteiger partial charge is 0.445 e. The topological polar surface area (TPSA) is 51.5 Å². The van der Waals surface area contributed by atoms with Crippen LogP contribution in [-0.4, -0.2) is 11.7 Å². The molecule has 0 fully saturated rings. The molecule has 0 bridgehead atoms. The molecule has 0 radical (unpaired) electrons. The Balaban J connectivity index is 2.59. The Kier molecular flexibility index (Phi) is 3.07. The van der Waals surface area contributed by atoms with Crippen molar-refractivity contribution in [1.29, 1.82) is 0 Å². The molecule has 15 heavy (non-hydrogen) atoms. The molecule has 1 heterocycles. The van der Waals surface area contributed by atoms with E-state index in [1.165, 1.54) is 0 Å². The Bertz CT molecular complexity index is 341. The zero-order valence-electron chi connectivity index (χ0n) is 9.80. The van der Waals surface area contributed by atoms with Gasteiger partial charge in [-0.1, -0.05) is 0 Å². The van der Waals surface area contributed by atoms with E-state index in [-0.39, 0.29) is 0 Å². The number of carbonyl (C=O) groups is 1. The Labute approximate surface area is 89.6 Å². The molecular weight excluding hydrogens is 194 g/mol. The first-order chi connectivity index (χ1) is 6.78. The van der Waals surface area contributed by atoms with Crippen molar-refractivity contribution in [2.75, 3.05) is 5.32 Å². The standard InChI is InChI=1S/C11H17NO3/c1-7-6-9(14-8(7)2)12-10(13)15-11(3,4)5/h6H,1-5H3,(H,12,13). The van der Waals surface area contributed by atoms with Gasteiger partial charge in [0, 0.05) is 6.07 Å². The van der Waals surface area contributed by atoms with Crippen LogP contribution in [0.25, 0.3) is 0 Å². The number of nitrogens with one attached hydrogen (secondary N) is 1. The molecule has 0 aromatic carbocycles. The second-order valence-corrected chi connectivity index (χ2v) is 4.48. The number of amides is 1. The van der Waals surface area contributed by atoms with Gasteiger partial charge in [0.2, 0.25) is 5.88 Å². The lowest BCUT2D eigenvalue weighted by molar-refractivity contribution is 0.0632. The van der Waals surface area contributed by atoms with Crippen LogP contribution in [-0.2, 0) is 4.74 Å². The lowest BCUT2D eigenvalue weighted by atomic mass is 10.2. The van der Waals surface area contributed by atoms with Crippen molar-refractivity contribution in [3.8, 4) is 0 Å². The highest BCUT2D eigenvalue weighted by Gasteiger charge is 2.17. The number of furan rings is 1. The summed E-state index contributed by atoms with van der Waals surface area (Å²) < 4.78 is 10.4. The molecule has 1 N–H and O–H groups in total. The van der Waals surface area contributed by atoms with Crippen molar-refractivity contribution in [1.82, 2.24) is 0 Å². The number of carbonyl (C=O) groups excluding carboxylic acids is 1. The maximum absolute atomic E-state index is 11.4. The predicted molar refractivity (Wildman–Crippen MR) is 58.0 cm³/mol. The molecule has 0 atom stereocenters. The minimum atomic E-state index is -0.503. The van der Waals surface area contributed by atoms with Crippen molar-refractivity contribution in [2.45, 2.75) is 40.2 Å². The number of hydrogen-bond acceptors (Lipinski definition) is 3. The Morgan fingerprint density at radius 1 is 1.40 bits per heavy atom. The number of anilines is 1. The monoisotopic (exact) mass is 211 g/mol. The average molecular weight is 211 g/mol. The van der Waals surface area contributed by atoms with Crippen LogP contribution in [0.5, 0.6) is 0 Å². The normalized spacial score (nSPS) is 11.3. The lowest BCUT2D eigenvalue weighted by Gasteiger charge is -2.18. The molecule has 1 aromatic rings. The molecule has 0 aliphatic heterocycles. The summed E-state index contributed by atoms with van der Waals surface area (Å²) in [5, 5.41) is 2.53. The zero-order valence-corrected chi connectivity index (χ0v) is 9.80. The molecule has 84 valence electrons. The molecule has 1 rings (SSSR count). The summed E-state index contributed by atoms with van der Waals surface area (Å²) in [4.78, 5) is 11.4. The summed E-state index contributed by atoms with van der Waals surface area (Å²) >= 11 is 0. The van der Waals surface area contributed by atoms with Crippen LogP contribution >= 0.6 is 0 Å². The third-order valence-electron chi connectivity index (χ3n) is 1.79. The van der Waals surface area contributed by atoms with E-state index < -0.39 is 11.7 Å². The molecule has 0 aliphatic carbocycles. The van der Waals surface area contributed by atoms with Gasteiger partial charge in [-0.05, 0) is 40.2 Å². The number of ether oxygens (including phenoxy) is 1. The highest BCUT2D eigenvalue weighted by Crippen LogP contribution is 2.18. The fraction of sp³-hybridized carbons (Fsp3) is 0.545. The van der Waals surface area contributed by atoms with E-state index in [0.717, 1.165) is 11.3 Å². The first kappa shape index (κ1) is 11.6. The molecule has 0 saturated heterocycles. The van der Waals surface area contributed by atoms with Crippen LogP contribution < -0.4 is 5.32 Å². The molecule has 1 aromatic heterocycles. The van der Waals surface area contributed by atoms with Crippen molar-refractivity contribution < 1.29 is 13.9 Å². The minimum absolute atomic E-state index is 0.416. The van der Waals surface area contributed by atoms with Gasteiger partial charge >= 0.3 is 6.09 Å². The van der Waals surface area contributed by atoms with Gasteiger partial charge in [0.25, 0.3) is 0 Å².